The maximum absolute atomic E-state index is 6.41. The fourth-order valence-electron chi connectivity index (χ4n) is 2.56. The number of hydrogen-bond donors (Lipinski definition) is 1. The van der Waals surface area contributed by atoms with E-state index in [1.54, 1.807) is 12.1 Å². The molecule has 2 aromatic carbocycles. The van der Waals surface area contributed by atoms with Crippen molar-refractivity contribution in [1.29, 1.82) is 0 Å². The van der Waals surface area contributed by atoms with Crippen LogP contribution >= 0.6 is 39.1 Å². The SMILES string of the molecule is Cc1nc(CN)nc(-c2ccc(Cl)cc2Cl)c1-c1ccc(Br)cc1. The molecule has 122 valence electrons. The molecule has 0 spiro atoms. The van der Waals surface area contributed by atoms with E-state index in [0.29, 0.717) is 15.9 Å². The summed E-state index contributed by atoms with van der Waals surface area (Å²) in [5.41, 5.74) is 10.1. The first-order valence-electron chi connectivity index (χ1n) is 7.28. The Morgan fingerprint density at radius 2 is 1.75 bits per heavy atom. The lowest BCUT2D eigenvalue weighted by Gasteiger charge is -2.15. The highest BCUT2D eigenvalue weighted by atomic mass is 79.9. The Balaban J connectivity index is 2.30. The number of nitrogens with two attached hydrogens (primary N) is 1. The van der Waals surface area contributed by atoms with E-state index in [1.165, 1.54) is 0 Å². The Kier molecular flexibility index (Phi) is 5.21. The summed E-state index contributed by atoms with van der Waals surface area (Å²) in [5, 5.41) is 1.13. The summed E-state index contributed by atoms with van der Waals surface area (Å²) in [6.07, 6.45) is 0. The molecule has 3 aromatic rings. The van der Waals surface area contributed by atoms with Gasteiger partial charge in [0.25, 0.3) is 0 Å². The molecule has 0 radical (unpaired) electrons. The van der Waals surface area contributed by atoms with Crippen LogP contribution in [-0.4, -0.2) is 9.97 Å². The Bertz CT molecular complexity index is 896. The van der Waals surface area contributed by atoms with E-state index >= 15 is 0 Å². The fourth-order valence-corrected chi connectivity index (χ4v) is 3.32. The van der Waals surface area contributed by atoms with Gasteiger partial charge in [0.1, 0.15) is 5.82 Å². The quantitative estimate of drug-likeness (QED) is 0.593. The minimum atomic E-state index is 0.264. The van der Waals surface area contributed by atoms with Crippen LogP contribution in [0.4, 0.5) is 0 Å². The molecule has 1 aromatic heterocycles. The molecule has 0 atom stereocenters. The van der Waals surface area contributed by atoms with Gasteiger partial charge in [0.2, 0.25) is 0 Å². The summed E-state index contributed by atoms with van der Waals surface area (Å²) >= 11 is 15.9. The number of nitrogens with zero attached hydrogens (tertiary/aromatic N) is 2. The van der Waals surface area contributed by atoms with Crippen LogP contribution in [0.25, 0.3) is 22.4 Å². The maximum Gasteiger partial charge on any atom is 0.142 e. The van der Waals surface area contributed by atoms with Crippen molar-refractivity contribution < 1.29 is 0 Å². The van der Waals surface area contributed by atoms with Crippen molar-refractivity contribution in [3.8, 4) is 22.4 Å². The summed E-state index contributed by atoms with van der Waals surface area (Å²) < 4.78 is 1.01. The van der Waals surface area contributed by atoms with E-state index in [1.807, 2.05) is 37.3 Å². The molecule has 3 rings (SSSR count). The Morgan fingerprint density at radius 1 is 1.04 bits per heavy atom. The predicted octanol–water partition coefficient (Wildman–Crippen LogP) is 5.65. The first-order valence-corrected chi connectivity index (χ1v) is 8.83. The van der Waals surface area contributed by atoms with Gasteiger partial charge in [0.15, 0.2) is 0 Å². The average molecular weight is 423 g/mol. The lowest BCUT2D eigenvalue weighted by atomic mass is 9.98. The molecule has 0 fully saturated rings. The second-order valence-electron chi connectivity index (χ2n) is 5.28. The number of aryl methyl sites for hydroxylation is 1. The summed E-state index contributed by atoms with van der Waals surface area (Å²) in [6.45, 7) is 2.21. The summed E-state index contributed by atoms with van der Waals surface area (Å²) in [4.78, 5) is 9.14. The van der Waals surface area contributed by atoms with Gasteiger partial charge in [-0.1, -0.05) is 51.3 Å². The van der Waals surface area contributed by atoms with Gasteiger partial charge in [-0.2, -0.15) is 0 Å². The van der Waals surface area contributed by atoms with Crippen molar-refractivity contribution >= 4 is 39.1 Å². The third kappa shape index (κ3) is 3.47. The van der Waals surface area contributed by atoms with Crippen molar-refractivity contribution in [3.63, 3.8) is 0 Å². The molecule has 2 N–H and O–H groups in total. The molecule has 0 amide bonds. The van der Waals surface area contributed by atoms with Gasteiger partial charge < -0.3 is 5.73 Å². The van der Waals surface area contributed by atoms with Crippen LogP contribution in [-0.2, 0) is 6.54 Å². The Labute approximate surface area is 159 Å². The minimum Gasteiger partial charge on any atom is -0.324 e. The van der Waals surface area contributed by atoms with Crippen LogP contribution in [0.3, 0.4) is 0 Å². The average Bonchev–Trinajstić information content (AvgIpc) is 2.55. The van der Waals surface area contributed by atoms with E-state index in [0.717, 1.165) is 32.6 Å². The molecule has 1 heterocycles. The van der Waals surface area contributed by atoms with E-state index < -0.39 is 0 Å². The monoisotopic (exact) mass is 421 g/mol. The summed E-state index contributed by atoms with van der Waals surface area (Å²) in [7, 11) is 0. The molecular formula is C18H14BrCl2N3. The van der Waals surface area contributed by atoms with Crippen LogP contribution in [0, 0.1) is 6.92 Å². The number of aromatic nitrogens is 2. The third-order valence-corrected chi connectivity index (χ3v) is 4.71. The van der Waals surface area contributed by atoms with E-state index in [4.69, 9.17) is 28.9 Å². The molecule has 24 heavy (non-hydrogen) atoms. The second kappa shape index (κ2) is 7.19. The molecule has 0 aliphatic rings. The number of rotatable bonds is 3. The second-order valence-corrected chi connectivity index (χ2v) is 7.04. The van der Waals surface area contributed by atoms with Crippen LogP contribution < -0.4 is 5.73 Å². The lowest BCUT2D eigenvalue weighted by molar-refractivity contribution is 0.896. The fraction of sp³-hybridized carbons (Fsp3) is 0.111. The molecule has 0 unspecified atom stereocenters. The maximum atomic E-state index is 6.41. The Morgan fingerprint density at radius 3 is 2.38 bits per heavy atom. The summed E-state index contributed by atoms with van der Waals surface area (Å²) in [6, 6.07) is 13.4. The first kappa shape index (κ1) is 17.4. The molecular weight excluding hydrogens is 409 g/mol. The Hall–Kier alpha value is -1.46. The third-order valence-electron chi connectivity index (χ3n) is 3.64. The van der Waals surface area contributed by atoms with Crippen LogP contribution in [0.15, 0.2) is 46.9 Å². The van der Waals surface area contributed by atoms with Crippen LogP contribution in [0.2, 0.25) is 10.0 Å². The molecule has 3 nitrogen and oxygen atoms in total. The predicted molar refractivity (Wildman–Crippen MR) is 103 cm³/mol. The topological polar surface area (TPSA) is 51.8 Å². The van der Waals surface area contributed by atoms with Crippen LogP contribution in [0.5, 0.6) is 0 Å². The van der Waals surface area contributed by atoms with Crippen LogP contribution in [0.1, 0.15) is 11.5 Å². The zero-order valence-electron chi connectivity index (χ0n) is 12.9. The largest absolute Gasteiger partial charge is 0.324 e. The highest BCUT2D eigenvalue weighted by Crippen LogP contribution is 2.37. The van der Waals surface area contributed by atoms with Gasteiger partial charge in [-0.15, -0.1) is 0 Å². The van der Waals surface area contributed by atoms with Crippen molar-refractivity contribution in [2.24, 2.45) is 5.73 Å². The number of halogens is 3. The molecule has 0 saturated heterocycles. The molecule has 0 aliphatic carbocycles. The van der Waals surface area contributed by atoms with Crippen molar-refractivity contribution in [2.45, 2.75) is 13.5 Å². The molecule has 0 saturated carbocycles. The minimum absolute atomic E-state index is 0.264. The zero-order chi connectivity index (χ0) is 17.3. The van der Waals surface area contributed by atoms with Gasteiger partial charge in [-0.05, 0) is 42.8 Å². The van der Waals surface area contributed by atoms with Gasteiger partial charge in [0, 0.05) is 26.3 Å². The smallest absolute Gasteiger partial charge is 0.142 e. The van der Waals surface area contributed by atoms with E-state index in [9.17, 15) is 0 Å². The standard InChI is InChI=1S/C18H14BrCl2N3/c1-10-17(11-2-4-12(19)5-3-11)18(24-16(9-22)23-10)14-7-6-13(20)8-15(14)21/h2-8H,9,22H2,1H3. The van der Waals surface area contributed by atoms with Crippen molar-refractivity contribution in [3.05, 3.63) is 68.5 Å². The summed E-state index contributed by atoms with van der Waals surface area (Å²) in [5.74, 6) is 0.578. The normalized spacial score (nSPS) is 10.9. The molecule has 0 aliphatic heterocycles. The highest BCUT2D eigenvalue weighted by molar-refractivity contribution is 9.10. The number of benzene rings is 2. The molecule has 0 bridgehead atoms. The van der Waals surface area contributed by atoms with Crippen molar-refractivity contribution in [2.75, 3.05) is 0 Å². The van der Waals surface area contributed by atoms with Gasteiger partial charge in [-0.25, -0.2) is 9.97 Å². The molecule has 6 heteroatoms. The van der Waals surface area contributed by atoms with Gasteiger partial charge in [0.05, 0.1) is 17.3 Å². The lowest BCUT2D eigenvalue weighted by Crippen LogP contribution is -2.07. The number of hydrogen-bond acceptors (Lipinski definition) is 3. The van der Waals surface area contributed by atoms with E-state index in [2.05, 4.69) is 25.9 Å². The highest BCUT2D eigenvalue weighted by Gasteiger charge is 2.17. The zero-order valence-corrected chi connectivity index (χ0v) is 16.0. The van der Waals surface area contributed by atoms with Crippen molar-refractivity contribution in [1.82, 2.24) is 9.97 Å². The van der Waals surface area contributed by atoms with Gasteiger partial charge >= 0.3 is 0 Å². The van der Waals surface area contributed by atoms with Gasteiger partial charge in [-0.3, -0.25) is 0 Å². The first-order chi connectivity index (χ1) is 11.5. The van der Waals surface area contributed by atoms with E-state index in [-0.39, 0.29) is 6.54 Å².